The number of aryl methyl sites for hydroxylation is 1. The molecule has 0 aliphatic carbocycles. The van der Waals surface area contributed by atoms with Crippen LogP contribution in [-0.2, 0) is 6.54 Å². The number of unbranched alkanes of at least 4 members (excludes halogenated alkanes) is 3. The molecular formula is C13H25N3S. The zero-order valence-electron chi connectivity index (χ0n) is 11.1. The van der Waals surface area contributed by atoms with E-state index in [1.807, 2.05) is 24.3 Å². The Morgan fingerprint density at radius 3 is 2.82 bits per heavy atom. The summed E-state index contributed by atoms with van der Waals surface area (Å²) in [5, 5.41) is 0. The van der Waals surface area contributed by atoms with Crippen LogP contribution in [0.1, 0.15) is 50.8 Å². The highest BCUT2D eigenvalue weighted by molar-refractivity contribution is 7.98. The minimum absolute atomic E-state index is 0.133. The highest BCUT2D eigenvalue weighted by atomic mass is 32.2. The summed E-state index contributed by atoms with van der Waals surface area (Å²) in [6.45, 7) is 3.17. The maximum absolute atomic E-state index is 6.05. The van der Waals surface area contributed by atoms with E-state index in [4.69, 9.17) is 5.73 Å². The molecule has 0 aliphatic rings. The third-order valence-corrected chi connectivity index (χ3v) is 3.76. The Labute approximate surface area is 109 Å². The van der Waals surface area contributed by atoms with E-state index >= 15 is 0 Å². The van der Waals surface area contributed by atoms with E-state index in [-0.39, 0.29) is 6.04 Å². The average Bonchev–Trinajstić information content (AvgIpc) is 2.81. The normalized spacial score (nSPS) is 12.9. The molecule has 1 heterocycles. The van der Waals surface area contributed by atoms with E-state index in [2.05, 4.69) is 22.7 Å². The van der Waals surface area contributed by atoms with Gasteiger partial charge in [0, 0.05) is 18.8 Å². The molecule has 0 saturated carbocycles. The zero-order chi connectivity index (χ0) is 12.5. The van der Waals surface area contributed by atoms with Crippen LogP contribution >= 0.6 is 11.8 Å². The number of rotatable bonds is 9. The standard InChI is InChI=1S/C13H25N3S/c1-3-12(14)13-10-15-11-16(13)8-6-4-5-7-9-17-2/h10-12H,3-9,14H2,1-2H3/t12-/m1/s1. The van der Waals surface area contributed by atoms with E-state index in [0.29, 0.717) is 0 Å². The van der Waals surface area contributed by atoms with Gasteiger partial charge in [-0.1, -0.05) is 19.8 Å². The number of aromatic nitrogens is 2. The van der Waals surface area contributed by atoms with E-state index < -0.39 is 0 Å². The maximum atomic E-state index is 6.05. The second kappa shape index (κ2) is 8.59. The summed E-state index contributed by atoms with van der Waals surface area (Å²) in [5.41, 5.74) is 7.22. The van der Waals surface area contributed by atoms with E-state index in [0.717, 1.165) is 13.0 Å². The minimum Gasteiger partial charge on any atom is -0.333 e. The van der Waals surface area contributed by atoms with Gasteiger partial charge in [0.2, 0.25) is 0 Å². The fourth-order valence-electron chi connectivity index (χ4n) is 1.92. The Bertz CT molecular complexity index is 299. The molecule has 0 saturated heterocycles. The van der Waals surface area contributed by atoms with Gasteiger partial charge in [0.25, 0.3) is 0 Å². The predicted molar refractivity (Wildman–Crippen MR) is 76.3 cm³/mol. The van der Waals surface area contributed by atoms with Gasteiger partial charge in [0.1, 0.15) is 0 Å². The Balaban J connectivity index is 2.24. The third-order valence-electron chi connectivity index (χ3n) is 3.06. The van der Waals surface area contributed by atoms with Crippen molar-refractivity contribution in [3.63, 3.8) is 0 Å². The van der Waals surface area contributed by atoms with E-state index in [1.54, 1.807) is 0 Å². The van der Waals surface area contributed by atoms with Crippen LogP contribution < -0.4 is 5.73 Å². The minimum atomic E-state index is 0.133. The fourth-order valence-corrected chi connectivity index (χ4v) is 2.41. The largest absolute Gasteiger partial charge is 0.333 e. The molecule has 0 aliphatic heterocycles. The molecule has 0 radical (unpaired) electrons. The van der Waals surface area contributed by atoms with Crippen LogP contribution in [0.15, 0.2) is 12.5 Å². The lowest BCUT2D eigenvalue weighted by molar-refractivity contribution is 0.542. The van der Waals surface area contributed by atoms with Gasteiger partial charge in [0.05, 0.1) is 12.0 Å². The summed E-state index contributed by atoms with van der Waals surface area (Å²) < 4.78 is 2.21. The van der Waals surface area contributed by atoms with Crippen LogP contribution in [-0.4, -0.2) is 21.6 Å². The Kier molecular flexibility index (Phi) is 7.37. The van der Waals surface area contributed by atoms with Crippen molar-refractivity contribution in [2.24, 2.45) is 5.73 Å². The lowest BCUT2D eigenvalue weighted by Gasteiger charge is -2.12. The number of thioether (sulfide) groups is 1. The lowest BCUT2D eigenvalue weighted by Crippen LogP contribution is -2.14. The van der Waals surface area contributed by atoms with Gasteiger partial charge >= 0.3 is 0 Å². The lowest BCUT2D eigenvalue weighted by atomic mass is 10.1. The van der Waals surface area contributed by atoms with E-state index in [9.17, 15) is 0 Å². The molecule has 1 aromatic heterocycles. The predicted octanol–water partition coefficient (Wildman–Crippen LogP) is 3.22. The van der Waals surface area contributed by atoms with Crippen molar-refractivity contribution in [2.75, 3.05) is 12.0 Å². The maximum Gasteiger partial charge on any atom is 0.0948 e. The molecule has 0 fully saturated rings. The van der Waals surface area contributed by atoms with Crippen molar-refractivity contribution >= 4 is 11.8 Å². The van der Waals surface area contributed by atoms with Crippen molar-refractivity contribution in [1.29, 1.82) is 0 Å². The molecule has 2 N–H and O–H groups in total. The van der Waals surface area contributed by atoms with Gasteiger partial charge in [-0.2, -0.15) is 11.8 Å². The molecule has 4 heteroatoms. The molecule has 0 amide bonds. The van der Waals surface area contributed by atoms with Crippen molar-refractivity contribution < 1.29 is 0 Å². The number of hydrogen-bond donors (Lipinski definition) is 1. The van der Waals surface area contributed by atoms with Crippen LogP contribution in [0.3, 0.4) is 0 Å². The summed E-state index contributed by atoms with van der Waals surface area (Å²) in [6.07, 6.45) is 12.2. The first-order chi connectivity index (χ1) is 8.29. The molecule has 0 aromatic carbocycles. The van der Waals surface area contributed by atoms with E-state index in [1.165, 1.54) is 37.1 Å². The van der Waals surface area contributed by atoms with Gasteiger partial charge < -0.3 is 10.3 Å². The summed E-state index contributed by atoms with van der Waals surface area (Å²) in [5.74, 6) is 1.29. The average molecular weight is 255 g/mol. The van der Waals surface area contributed by atoms with Gasteiger partial charge in [-0.15, -0.1) is 0 Å². The SMILES string of the molecule is CC[C@@H](N)c1cncn1CCCCCCSC. The number of nitrogens with zero attached hydrogens (tertiary/aromatic N) is 2. The van der Waals surface area contributed by atoms with Gasteiger partial charge in [-0.3, -0.25) is 0 Å². The van der Waals surface area contributed by atoms with Crippen molar-refractivity contribution in [2.45, 2.75) is 51.6 Å². The summed E-state index contributed by atoms with van der Waals surface area (Å²) in [4.78, 5) is 4.20. The Morgan fingerprint density at radius 1 is 1.35 bits per heavy atom. The molecule has 1 rings (SSSR count). The Hall–Kier alpha value is -0.480. The first kappa shape index (κ1) is 14.6. The van der Waals surface area contributed by atoms with Crippen LogP contribution in [0.4, 0.5) is 0 Å². The summed E-state index contributed by atoms with van der Waals surface area (Å²) in [7, 11) is 0. The van der Waals surface area contributed by atoms with Gasteiger partial charge in [0.15, 0.2) is 0 Å². The summed E-state index contributed by atoms with van der Waals surface area (Å²) in [6, 6.07) is 0.133. The van der Waals surface area contributed by atoms with Crippen molar-refractivity contribution in [1.82, 2.24) is 9.55 Å². The first-order valence-electron chi connectivity index (χ1n) is 6.54. The van der Waals surface area contributed by atoms with Gasteiger partial charge in [-0.05, 0) is 31.3 Å². The zero-order valence-corrected chi connectivity index (χ0v) is 11.9. The number of imidazole rings is 1. The molecule has 0 unspecified atom stereocenters. The second-order valence-corrected chi connectivity index (χ2v) is 5.42. The number of hydrogen-bond acceptors (Lipinski definition) is 3. The third kappa shape index (κ3) is 5.13. The molecule has 1 aromatic rings. The monoisotopic (exact) mass is 255 g/mol. The van der Waals surface area contributed by atoms with Crippen molar-refractivity contribution in [3.8, 4) is 0 Å². The molecule has 0 bridgehead atoms. The highest BCUT2D eigenvalue weighted by Gasteiger charge is 2.08. The number of nitrogens with two attached hydrogens (primary N) is 1. The Morgan fingerprint density at radius 2 is 2.12 bits per heavy atom. The molecule has 0 spiro atoms. The quantitative estimate of drug-likeness (QED) is 0.689. The molecular weight excluding hydrogens is 230 g/mol. The van der Waals surface area contributed by atoms with Crippen LogP contribution in [0.2, 0.25) is 0 Å². The van der Waals surface area contributed by atoms with Gasteiger partial charge in [-0.25, -0.2) is 4.98 Å². The van der Waals surface area contributed by atoms with Crippen LogP contribution in [0.5, 0.6) is 0 Å². The second-order valence-electron chi connectivity index (χ2n) is 4.43. The molecule has 3 nitrogen and oxygen atoms in total. The van der Waals surface area contributed by atoms with Crippen LogP contribution in [0, 0.1) is 0 Å². The molecule has 17 heavy (non-hydrogen) atoms. The highest BCUT2D eigenvalue weighted by Crippen LogP contribution is 2.14. The van der Waals surface area contributed by atoms with Crippen LogP contribution in [0.25, 0.3) is 0 Å². The fraction of sp³-hybridized carbons (Fsp3) is 0.769. The van der Waals surface area contributed by atoms with Crippen molar-refractivity contribution in [3.05, 3.63) is 18.2 Å². The topological polar surface area (TPSA) is 43.8 Å². The first-order valence-corrected chi connectivity index (χ1v) is 7.93. The summed E-state index contributed by atoms with van der Waals surface area (Å²) >= 11 is 1.94. The molecule has 98 valence electrons. The smallest absolute Gasteiger partial charge is 0.0948 e. The molecule has 1 atom stereocenters.